The highest BCUT2D eigenvalue weighted by molar-refractivity contribution is 8.44. The molecule has 6 N–H and O–H groups in total. The lowest BCUT2D eigenvalue weighted by Gasteiger charge is -2.31. The lowest BCUT2D eigenvalue weighted by Crippen LogP contribution is -2.37. The second-order valence-corrected chi connectivity index (χ2v) is 16.6. The standard InChI is InChI=1S/C25H32N10O11P2S/c1-3-41-47(38)43-6-25-4-10(25)14(34-8-30-12-19(26)28-7-29-20(12)34)15(36)18(25)46-48(39,49)42-5-11-16(40-2)17(45-47)23(44-11)35-9-31-13-21(35)32-24(27)33-22(13)37/h7-11,14-18,23,36H,3-6H2,1-2H3,(H,39,49)(H2,26,28,29)(H3,27,32,33,37)/t10-,11-,14-,15+,16-,17-,18+,23-,25+,47+,48+/m1/s1. The number of aliphatic hydroxyl groups excluding tert-OH is 1. The Labute approximate surface area is 281 Å². The summed E-state index contributed by atoms with van der Waals surface area (Å²) in [5.41, 5.74) is 10.9. The fourth-order valence-electron chi connectivity index (χ4n) is 7.30. The molecule has 6 heterocycles. The number of phosphoric acid groups is 1. The van der Waals surface area contributed by atoms with Gasteiger partial charge in [0.1, 0.15) is 42.4 Å². The van der Waals surface area contributed by atoms with E-state index < -0.39 is 75.0 Å². The van der Waals surface area contributed by atoms with Crippen LogP contribution in [0.25, 0.3) is 22.3 Å². The summed E-state index contributed by atoms with van der Waals surface area (Å²) in [5.74, 6) is -0.381. The zero-order valence-corrected chi connectivity index (χ0v) is 28.5. The second kappa shape index (κ2) is 11.8. The van der Waals surface area contributed by atoms with E-state index in [1.807, 2.05) is 0 Å². The third-order valence-electron chi connectivity index (χ3n) is 9.49. The van der Waals surface area contributed by atoms with E-state index in [0.29, 0.717) is 17.6 Å². The number of imidazole rings is 2. The number of thiol groups is 1. The number of aliphatic hydroxyl groups is 1. The number of ether oxygens (including phenoxy) is 2. The molecule has 4 aromatic heterocycles. The molecule has 2 bridgehead atoms. The van der Waals surface area contributed by atoms with Gasteiger partial charge >= 0.3 is 14.6 Å². The number of anilines is 2. The number of nitrogens with one attached hydrogen (secondary N) is 1. The van der Waals surface area contributed by atoms with E-state index in [-0.39, 0.29) is 42.1 Å². The van der Waals surface area contributed by atoms with Gasteiger partial charge in [-0.05, 0) is 19.3 Å². The largest absolute Gasteiger partial charge is 0.475 e. The number of nitrogen functional groups attached to an aromatic ring is 2. The lowest BCUT2D eigenvalue weighted by atomic mass is 10.0. The zero-order valence-electron chi connectivity index (χ0n) is 25.8. The summed E-state index contributed by atoms with van der Waals surface area (Å²) in [4.78, 5) is 35.9. The first-order valence-corrected chi connectivity index (χ1v) is 19.3. The minimum absolute atomic E-state index is 0.0420. The average molecular weight is 743 g/mol. The van der Waals surface area contributed by atoms with Crippen molar-refractivity contribution in [2.45, 2.75) is 56.1 Å². The fraction of sp³-hybridized carbons (Fsp3) is 0.600. The van der Waals surface area contributed by atoms with Crippen LogP contribution in [0.15, 0.2) is 23.8 Å². The van der Waals surface area contributed by atoms with Gasteiger partial charge in [-0.3, -0.25) is 37.0 Å². The minimum atomic E-state index is -4.47. The molecule has 49 heavy (non-hydrogen) atoms. The number of hydrogen-bond donors (Lipinski definition) is 5. The average Bonchev–Trinajstić information content (AvgIpc) is 3.35. The smallest absolute Gasteiger partial charge is 0.388 e. The lowest BCUT2D eigenvalue weighted by molar-refractivity contribution is -0.0612. The molecule has 4 fully saturated rings. The fourth-order valence-corrected chi connectivity index (χ4v) is 10.3. The van der Waals surface area contributed by atoms with Crippen LogP contribution in [0.1, 0.15) is 25.6 Å². The van der Waals surface area contributed by atoms with E-state index in [0.717, 1.165) is 0 Å². The van der Waals surface area contributed by atoms with Crippen LogP contribution in [-0.4, -0.2) is 102 Å². The number of nitrogens with two attached hydrogens (primary N) is 2. The molecule has 2 aliphatic heterocycles. The van der Waals surface area contributed by atoms with E-state index in [1.165, 1.54) is 30.7 Å². The maximum atomic E-state index is 14.4. The Morgan fingerprint density at radius 1 is 1.12 bits per heavy atom. The van der Waals surface area contributed by atoms with Gasteiger partial charge in [-0.25, -0.2) is 29.1 Å². The van der Waals surface area contributed by atoms with Crippen molar-refractivity contribution >= 4 is 61.0 Å². The van der Waals surface area contributed by atoms with Crippen molar-refractivity contribution < 1.29 is 46.3 Å². The minimum Gasteiger partial charge on any atom is -0.388 e. The van der Waals surface area contributed by atoms with E-state index in [2.05, 4.69) is 42.2 Å². The maximum Gasteiger partial charge on any atom is 0.475 e. The molecule has 4 aromatic rings. The van der Waals surface area contributed by atoms with E-state index >= 15 is 0 Å². The van der Waals surface area contributed by atoms with Crippen LogP contribution in [-0.2, 0) is 41.2 Å². The Kier molecular flexibility index (Phi) is 7.97. The van der Waals surface area contributed by atoms with E-state index in [4.69, 9.17) is 43.6 Å². The summed E-state index contributed by atoms with van der Waals surface area (Å²) in [7, 11) is -3.10. The first-order chi connectivity index (χ1) is 23.4. The molecule has 264 valence electrons. The molecule has 0 radical (unpaired) electrons. The molecule has 2 aliphatic carbocycles. The molecule has 0 unspecified atom stereocenters. The Hall–Kier alpha value is -3.01. The third kappa shape index (κ3) is 5.32. The molecule has 2 saturated carbocycles. The van der Waals surface area contributed by atoms with Gasteiger partial charge in [0.05, 0.1) is 38.5 Å². The predicted molar refractivity (Wildman–Crippen MR) is 170 cm³/mol. The number of nitrogens with zero attached hydrogens (tertiary/aromatic N) is 7. The second-order valence-electron chi connectivity index (χ2n) is 12.1. The monoisotopic (exact) mass is 742 g/mol. The van der Waals surface area contributed by atoms with Gasteiger partial charge in [0.25, 0.3) is 5.56 Å². The number of hydrogen-bond acceptors (Lipinski definition) is 18. The van der Waals surface area contributed by atoms with Crippen LogP contribution in [0.3, 0.4) is 0 Å². The molecule has 24 heteroatoms. The zero-order chi connectivity index (χ0) is 34.5. The number of H-pyrrole nitrogens is 1. The highest BCUT2D eigenvalue weighted by atomic mass is 32.7. The highest BCUT2D eigenvalue weighted by Gasteiger charge is 2.74. The van der Waals surface area contributed by atoms with E-state index in [1.54, 1.807) is 11.5 Å². The van der Waals surface area contributed by atoms with Crippen molar-refractivity contribution in [2.75, 3.05) is 38.4 Å². The quantitative estimate of drug-likeness (QED) is 0.141. The SMILES string of the molecule is CCO[P@@]1(=O)OC[C@@]23C[C@@H]2[C@@H](n2cnc4c(N)ncnc42)[C@H](O)[C@@H]3O[P@@](=O)(S)OC[C@H]2O[C@@H](n3cnc4c(=O)[nH]c(N)nc43)[C@H](O1)[C@@H]2OC. The molecule has 2 saturated heterocycles. The van der Waals surface area contributed by atoms with Crippen molar-refractivity contribution in [3.8, 4) is 0 Å². The number of phosphoric ester groups is 1. The number of aromatic amines is 1. The number of fused-ring (bicyclic) bond motifs is 4. The van der Waals surface area contributed by atoms with Crippen molar-refractivity contribution in [1.29, 1.82) is 0 Å². The summed E-state index contributed by atoms with van der Waals surface area (Å²) in [6.45, 7) is -3.43. The maximum absolute atomic E-state index is 14.4. The van der Waals surface area contributed by atoms with Crippen molar-refractivity contribution in [2.24, 2.45) is 11.3 Å². The van der Waals surface area contributed by atoms with Gasteiger partial charge in [0, 0.05) is 12.5 Å². The highest BCUT2D eigenvalue weighted by Crippen LogP contribution is 2.73. The van der Waals surface area contributed by atoms with E-state index in [9.17, 15) is 19.0 Å². The first-order valence-electron chi connectivity index (χ1n) is 15.1. The van der Waals surface area contributed by atoms with Crippen LogP contribution in [0, 0.1) is 11.3 Å². The van der Waals surface area contributed by atoms with Gasteiger partial charge in [0.2, 0.25) is 5.95 Å². The first kappa shape index (κ1) is 33.2. The van der Waals surface area contributed by atoms with Crippen LogP contribution >= 0.6 is 26.9 Å². The number of methoxy groups -OCH3 is 1. The van der Waals surface area contributed by atoms with Crippen molar-refractivity contribution in [1.82, 2.24) is 39.0 Å². The van der Waals surface area contributed by atoms with Gasteiger partial charge in [-0.15, -0.1) is 0 Å². The summed E-state index contributed by atoms with van der Waals surface area (Å²) >= 11 is 4.25. The van der Waals surface area contributed by atoms with Gasteiger partial charge in [-0.1, -0.05) is 12.2 Å². The molecule has 4 aliphatic rings. The molecular weight excluding hydrogens is 710 g/mol. The van der Waals surface area contributed by atoms with Crippen molar-refractivity contribution in [3.05, 3.63) is 29.3 Å². The van der Waals surface area contributed by atoms with Crippen LogP contribution in [0.4, 0.5) is 11.8 Å². The Morgan fingerprint density at radius 3 is 2.67 bits per heavy atom. The molecule has 11 atom stereocenters. The number of aromatic nitrogens is 8. The van der Waals surface area contributed by atoms with Crippen LogP contribution < -0.4 is 17.0 Å². The molecule has 0 aromatic carbocycles. The van der Waals surface area contributed by atoms with Crippen LogP contribution in [0.2, 0.25) is 0 Å². The van der Waals surface area contributed by atoms with Gasteiger partial charge < -0.3 is 30.6 Å². The Morgan fingerprint density at radius 2 is 1.90 bits per heavy atom. The summed E-state index contributed by atoms with van der Waals surface area (Å²) < 4.78 is 72.9. The summed E-state index contributed by atoms with van der Waals surface area (Å²) in [6.07, 6.45) is -2.54. The molecule has 8 rings (SSSR count). The van der Waals surface area contributed by atoms with Gasteiger partial charge in [-0.2, -0.15) is 4.98 Å². The molecular formula is C25H32N10O11P2S. The molecule has 1 spiro atoms. The summed E-state index contributed by atoms with van der Waals surface area (Å²) in [6, 6.07) is -0.694. The van der Waals surface area contributed by atoms with Crippen LogP contribution in [0.5, 0.6) is 0 Å². The Balaban J connectivity index is 1.18. The normalized spacial score (nSPS) is 39.3. The molecule has 0 amide bonds. The topological polar surface area (TPSA) is 278 Å². The third-order valence-corrected chi connectivity index (χ3v) is 12.6. The summed E-state index contributed by atoms with van der Waals surface area (Å²) in [5, 5.41) is 11.7. The van der Waals surface area contributed by atoms with Gasteiger partial charge in [0.15, 0.2) is 28.9 Å². The predicted octanol–water partition coefficient (Wildman–Crippen LogP) is 0.958. The molecule has 21 nitrogen and oxygen atoms in total. The van der Waals surface area contributed by atoms with Crippen molar-refractivity contribution in [3.63, 3.8) is 0 Å². The number of rotatable bonds is 5. The Bertz CT molecular complexity index is 2100.